The molecule has 1 aliphatic rings. The zero-order valence-electron chi connectivity index (χ0n) is 10.0. The second kappa shape index (κ2) is 5.63. The largest absolute Gasteiger partial charge is 0.339 e. The minimum Gasteiger partial charge on any atom is -0.339 e. The lowest BCUT2D eigenvalue weighted by Crippen LogP contribution is -2.32. The molecule has 0 saturated carbocycles. The summed E-state index contributed by atoms with van der Waals surface area (Å²) in [7, 11) is 0. The van der Waals surface area contributed by atoms with Crippen molar-refractivity contribution in [2.45, 2.75) is 26.2 Å². The van der Waals surface area contributed by atoms with Crippen LogP contribution in [0.4, 0.5) is 0 Å². The lowest BCUT2D eigenvalue weighted by atomic mass is 10.0. The Kier molecular flexibility index (Phi) is 4.15. The van der Waals surface area contributed by atoms with Crippen LogP contribution in [0.2, 0.25) is 0 Å². The van der Waals surface area contributed by atoms with Gasteiger partial charge in [0.15, 0.2) is 0 Å². The van der Waals surface area contributed by atoms with Gasteiger partial charge in [0.2, 0.25) is 0 Å². The second-order valence-corrected chi connectivity index (χ2v) is 5.42. The van der Waals surface area contributed by atoms with Crippen LogP contribution < -0.4 is 0 Å². The predicted molar refractivity (Wildman–Crippen MR) is 70.9 cm³/mol. The Hall–Kier alpha value is -0.900. The zero-order valence-corrected chi connectivity index (χ0v) is 11.6. The van der Waals surface area contributed by atoms with Gasteiger partial charge in [-0.25, -0.2) is 4.98 Å². The van der Waals surface area contributed by atoms with Gasteiger partial charge in [-0.05, 0) is 53.2 Å². The van der Waals surface area contributed by atoms with Crippen LogP contribution in [0.25, 0.3) is 0 Å². The van der Waals surface area contributed by atoms with Crippen molar-refractivity contribution in [3.05, 3.63) is 28.5 Å². The number of amides is 1. The van der Waals surface area contributed by atoms with E-state index in [1.807, 2.05) is 11.0 Å². The van der Waals surface area contributed by atoms with Gasteiger partial charge < -0.3 is 4.90 Å². The fraction of sp³-hybridized carbons (Fsp3) is 0.538. The molecule has 0 aliphatic carbocycles. The highest BCUT2D eigenvalue weighted by molar-refractivity contribution is 9.10. The van der Waals surface area contributed by atoms with Crippen LogP contribution in [0.15, 0.2) is 22.9 Å². The Morgan fingerprint density at radius 1 is 1.47 bits per heavy atom. The second-order valence-electron chi connectivity index (χ2n) is 4.67. The van der Waals surface area contributed by atoms with E-state index < -0.39 is 0 Å². The number of rotatable bonds is 1. The quantitative estimate of drug-likeness (QED) is 0.746. The smallest absolute Gasteiger partial charge is 0.256 e. The number of halogens is 1. The Balaban J connectivity index is 2.12. The summed E-state index contributed by atoms with van der Waals surface area (Å²) in [5.41, 5.74) is 0.669. The fourth-order valence-corrected chi connectivity index (χ4v) is 2.60. The average Bonchev–Trinajstić information content (AvgIpc) is 2.54. The van der Waals surface area contributed by atoms with Gasteiger partial charge in [0, 0.05) is 19.3 Å². The number of hydrogen-bond acceptors (Lipinski definition) is 2. The molecule has 0 spiro atoms. The summed E-state index contributed by atoms with van der Waals surface area (Å²) in [6.07, 6.45) is 5.11. The van der Waals surface area contributed by atoms with Crippen LogP contribution in [-0.2, 0) is 0 Å². The average molecular weight is 297 g/mol. The molecule has 2 rings (SSSR count). The number of carbonyl (C=O) groups is 1. The molecular formula is C13H17BrN2O. The van der Waals surface area contributed by atoms with Gasteiger partial charge in [-0.2, -0.15) is 0 Å². The molecule has 0 aromatic carbocycles. The Bertz CT molecular complexity index is 408. The highest BCUT2D eigenvalue weighted by Crippen LogP contribution is 2.20. The highest BCUT2D eigenvalue weighted by Gasteiger charge is 2.21. The first-order valence-corrected chi connectivity index (χ1v) is 6.87. The van der Waals surface area contributed by atoms with Crippen LogP contribution >= 0.6 is 15.9 Å². The number of nitrogens with zero attached hydrogens (tertiary/aromatic N) is 2. The van der Waals surface area contributed by atoms with Crippen LogP contribution in [0.5, 0.6) is 0 Å². The molecule has 1 unspecified atom stereocenters. The van der Waals surface area contributed by atoms with E-state index >= 15 is 0 Å². The monoisotopic (exact) mass is 296 g/mol. The summed E-state index contributed by atoms with van der Waals surface area (Å²) >= 11 is 3.34. The molecule has 1 aromatic rings. The van der Waals surface area contributed by atoms with E-state index in [1.54, 1.807) is 12.3 Å². The first-order chi connectivity index (χ1) is 8.18. The Labute approximate surface area is 110 Å². The SMILES string of the molecule is CC1CCCN(C(=O)c2cccnc2Br)CC1. The maximum Gasteiger partial charge on any atom is 0.256 e. The number of hydrogen-bond donors (Lipinski definition) is 0. The maximum atomic E-state index is 12.3. The van der Waals surface area contributed by atoms with Crippen molar-refractivity contribution in [3.63, 3.8) is 0 Å². The van der Waals surface area contributed by atoms with Crippen molar-refractivity contribution >= 4 is 21.8 Å². The molecule has 3 nitrogen and oxygen atoms in total. The molecule has 0 radical (unpaired) electrons. The summed E-state index contributed by atoms with van der Waals surface area (Å²) in [6.45, 7) is 3.99. The zero-order chi connectivity index (χ0) is 12.3. The molecule has 1 aromatic heterocycles. The maximum absolute atomic E-state index is 12.3. The van der Waals surface area contributed by atoms with Crippen molar-refractivity contribution < 1.29 is 4.79 Å². The molecule has 92 valence electrons. The molecule has 1 atom stereocenters. The first-order valence-electron chi connectivity index (χ1n) is 6.08. The van der Waals surface area contributed by atoms with E-state index in [2.05, 4.69) is 27.8 Å². The Morgan fingerprint density at radius 2 is 2.29 bits per heavy atom. The van der Waals surface area contributed by atoms with Gasteiger partial charge in [-0.1, -0.05) is 6.92 Å². The summed E-state index contributed by atoms with van der Waals surface area (Å²) in [5.74, 6) is 0.823. The Morgan fingerprint density at radius 3 is 3.06 bits per heavy atom. The molecule has 1 fully saturated rings. The van der Waals surface area contributed by atoms with Crippen LogP contribution in [0.3, 0.4) is 0 Å². The molecule has 4 heteroatoms. The third-order valence-electron chi connectivity index (χ3n) is 3.29. The summed E-state index contributed by atoms with van der Waals surface area (Å²) < 4.78 is 0.641. The van der Waals surface area contributed by atoms with Crippen molar-refractivity contribution in [2.75, 3.05) is 13.1 Å². The number of pyridine rings is 1. The molecular weight excluding hydrogens is 280 g/mol. The number of carbonyl (C=O) groups excluding carboxylic acids is 1. The molecule has 1 amide bonds. The van der Waals surface area contributed by atoms with Crippen LogP contribution in [0, 0.1) is 5.92 Å². The van der Waals surface area contributed by atoms with Gasteiger partial charge in [0.05, 0.1) is 5.56 Å². The fourth-order valence-electron chi connectivity index (χ4n) is 2.18. The van der Waals surface area contributed by atoms with Gasteiger partial charge in [0.1, 0.15) is 4.60 Å². The molecule has 0 N–H and O–H groups in total. The lowest BCUT2D eigenvalue weighted by Gasteiger charge is -2.20. The lowest BCUT2D eigenvalue weighted by molar-refractivity contribution is 0.0759. The minimum absolute atomic E-state index is 0.0964. The first kappa shape index (κ1) is 12.6. The van der Waals surface area contributed by atoms with Crippen molar-refractivity contribution in [2.24, 2.45) is 5.92 Å². The van der Waals surface area contributed by atoms with E-state index in [1.165, 1.54) is 6.42 Å². The molecule has 2 heterocycles. The molecule has 17 heavy (non-hydrogen) atoms. The summed E-state index contributed by atoms with van der Waals surface area (Å²) in [4.78, 5) is 18.4. The van der Waals surface area contributed by atoms with Crippen LogP contribution in [-0.4, -0.2) is 28.9 Å². The topological polar surface area (TPSA) is 33.2 Å². The molecule has 1 aliphatic heterocycles. The molecule has 1 saturated heterocycles. The third kappa shape index (κ3) is 3.06. The van der Waals surface area contributed by atoms with Crippen molar-refractivity contribution in [1.82, 2.24) is 9.88 Å². The van der Waals surface area contributed by atoms with E-state index in [9.17, 15) is 4.79 Å². The predicted octanol–water partition coefficient (Wildman–Crippen LogP) is 3.11. The van der Waals surface area contributed by atoms with E-state index in [-0.39, 0.29) is 5.91 Å². The molecule has 0 bridgehead atoms. The number of aromatic nitrogens is 1. The standard InChI is InChI=1S/C13H17BrN2O/c1-10-4-3-8-16(9-6-10)13(17)11-5-2-7-15-12(11)14/h2,5,7,10H,3-4,6,8-9H2,1H3. The van der Waals surface area contributed by atoms with Gasteiger partial charge >= 0.3 is 0 Å². The normalized spacial score (nSPS) is 21.1. The highest BCUT2D eigenvalue weighted by atomic mass is 79.9. The summed E-state index contributed by atoms with van der Waals surface area (Å²) in [6, 6.07) is 3.63. The van der Waals surface area contributed by atoms with E-state index in [0.717, 1.165) is 31.8 Å². The minimum atomic E-state index is 0.0964. The van der Waals surface area contributed by atoms with Crippen molar-refractivity contribution in [1.29, 1.82) is 0 Å². The van der Waals surface area contributed by atoms with Gasteiger partial charge in [-0.3, -0.25) is 4.79 Å². The van der Waals surface area contributed by atoms with Crippen LogP contribution in [0.1, 0.15) is 36.5 Å². The van der Waals surface area contributed by atoms with E-state index in [0.29, 0.717) is 10.2 Å². The van der Waals surface area contributed by atoms with Crippen molar-refractivity contribution in [3.8, 4) is 0 Å². The summed E-state index contributed by atoms with van der Waals surface area (Å²) in [5, 5.41) is 0. The third-order valence-corrected chi connectivity index (χ3v) is 3.93. The van der Waals surface area contributed by atoms with E-state index in [4.69, 9.17) is 0 Å². The number of likely N-dealkylation sites (tertiary alicyclic amines) is 1. The van der Waals surface area contributed by atoms with Gasteiger partial charge in [-0.15, -0.1) is 0 Å². The van der Waals surface area contributed by atoms with Gasteiger partial charge in [0.25, 0.3) is 5.91 Å².